The highest BCUT2D eigenvalue weighted by molar-refractivity contribution is 5.67. The average Bonchev–Trinajstić information content (AvgIpc) is 2.86. The van der Waals surface area contributed by atoms with Crippen LogP contribution in [0, 0.1) is 5.92 Å². The number of benzene rings is 1. The number of carbonyl (C=O) groups excluding carboxylic acids is 1. The van der Waals surface area contributed by atoms with Crippen LogP contribution in [0.15, 0.2) is 30.3 Å². The molecule has 0 heterocycles. The van der Waals surface area contributed by atoms with Crippen molar-refractivity contribution in [2.45, 2.75) is 38.2 Å². The molecule has 0 spiro atoms. The fourth-order valence-electron chi connectivity index (χ4n) is 2.31. The maximum Gasteiger partial charge on any atom is 0.407 e. The summed E-state index contributed by atoms with van der Waals surface area (Å²) in [4.78, 5) is 11.6. The fraction of sp³-hybridized carbons (Fsp3) is 0.500. The van der Waals surface area contributed by atoms with E-state index in [0.29, 0.717) is 25.8 Å². The van der Waals surface area contributed by atoms with E-state index in [9.17, 15) is 4.79 Å². The van der Waals surface area contributed by atoms with E-state index in [4.69, 9.17) is 14.9 Å². The molecule has 1 amide bonds. The largest absolute Gasteiger partial charge is 0.446 e. The molecule has 2 unspecified atom stereocenters. The lowest BCUT2D eigenvalue weighted by Crippen LogP contribution is -2.28. The third-order valence-corrected chi connectivity index (χ3v) is 3.40. The molecule has 5 heteroatoms. The van der Waals surface area contributed by atoms with Crippen LogP contribution in [0.5, 0.6) is 0 Å². The van der Waals surface area contributed by atoms with Gasteiger partial charge in [0.05, 0.1) is 0 Å². The molecule has 0 radical (unpaired) electrons. The predicted octanol–water partition coefficient (Wildman–Crippen LogP) is 1.39. The summed E-state index contributed by atoms with van der Waals surface area (Å²) in [5.41, 5.74) is 1.01. The van der Waals surface area contributed by atoms with Crippen LogP contribution in [0.3, 0.4) is 0 Å². The highest BCUT2D eigenvalue weighted by Crippen LogP contribution is 2.29. The van der Waals surface area contributed by atoms with E-state index in [1.165, 1.54) is 0 Å². The van der Waals surface area contributed by atoms with Gasteiger partial charge >= 0.3 is 6.09 Å². The zero-order valence-electron chi connectivity index (χ0n) is 10.7. The summed E-state index contributed by atoms with van der Waals surface area (Å²) in [6.45, 7) is 0.429. The van der Waals surface area contributed by atoms with Crippen molar-refractivity contribution in [2.75, 3.05) is 0 Å². The molecule has 0 bridgehead atoms. The van der Waals surface area contributed by atoms with Gasteiger partial charge in [0.15, 0.2) is 6.29 Å². The molecule has 0 saturated heterocycles. The number of aliphatic hydroxyl groups excluding tert-OH is 1. The van der Waals surface area contributed by atoms with Crippen LogP contribution >= 0.6 is 0 Å². The molecule has 1 aliphatic carbocycles. The molecular formula is C14H19NO4. The summed E-state index contributed by atoms with van der Waals surface area (Å²) in [6.07, 6.45) is -0.128. The van der Waals surface area contributed by atoms with Crippen LogP contribution in [0.4, 0.5) is 4.79 Å². The standard InChI is InChI=1S/C14H19NO4/c16-13(17)11-6-7-12(8-11)19-14(18)15-9-10-4-2-1-3-5-10/h1-5,11-13,16-17H,6-9H2,(H,15,18). The van der Waals surface area contributed by atoms with E-state index in [-0.39, 0.29) is 12.0 Å². The van der Waals surface area contributed by atoms with Gasteiger partial charge in [-0.25, -0.2) is 4.79 Å². The summed E-state index contributed by atoms with van der Waals surface area (Å²) >= 11 is 0. The molecule has 104 valence electrons. The minimum atomic E-state index is -1.32. The van der Waals surface area contributed by atoms with E-state index >= 15 is 0 Å². The Kier molecular flexibility index (Phi) is 4.76. The van der Waals surface area contributed by atoms with Crippen molar-refractivity contribution < 1.29 is 19.7 Å². The summed E-state index contributed by atoms with van der Waals surface area (Å²) < 4.78 is 5.24. The number of nitrogens with one attached hydrogen (secondary N) is 1. The summed E-state index contributed by atoms with van der Waals surface area (Å²) in [5.74, 6) is -0.188. The smallest absolute Gasteiger partial charge is 0.407 e. The van der Waals surface area contributed by atoms with Gasteiger partial charge in [0.2, 0.25) is 0 Å². The van der Waals surface area contributed by atoms with E-state index < -0.39 is 12.4 Å². The maximum absolute atomic E-state index is 11.6. The Morgan fingerprint density at radius 1 is 1.32 bits per heavy atom. The molecule has 2 atom stereocenters. The van der Waals surface area contributed by atoms with Crippen molar-refractivity contribution in [3.05, 3.63) is 35.9 Å². The van der Waals surface area contributed by atoms with Gasteiger partial charge in [0, 0.05) is 12.5 Å². The molecule has 5 nitrogen and oxygen atoms in total. The average molecular weight is 265 g/mol. The van der Waals surface area contributed by atoms with Gasteiger partial charge in [-0.3, -0.25) is 0 Å². The Bertz CT molecular complexity index is 407. The second kappa shape index (κ2) is 6.54. The van der Waals surface area contributed by atoms with Crippen molar-refractivity contribution in [1.29, 1.82) is 0 Å². The van der Waals surface area contributed by atoms with Crippen LogP contribution in [-0.4, -0.2) is 28.7 Å². The minimum Gasteiger partial charge on any atom is -0.446 e. The Balaban J connectivity index is 1.71. The molecule has 1 aromatic rings. The third-order valence-electron chi connectivity index (χ3n) is 3.40. The maximum atomic E-state index is 11.6. The first-order chi connectivity index (χ1) is 9.15. The summed E-state index contributed by atoms with van der Waals surface area (Å²) in [7, 11) is 0. The number of rotatable bonds is 4. The number of amides is 1. The molecule has 19 heavy (non-hydrogen) atoms. The monoisotopic (exact) mass is 265 g/mol. The van der Waals surface area contributed by atoms with Crippen LogP contribution in [-0.2, 0) is 11.3 Å². The number of carbonyl (C=O) groups is 1. The minimum absolute atomic E-state index is 0.188. The topological polar surface area (TPSA) is 78.8 Å². The first-order valence-corrected chi connectivity index (χ1v) is 6.49. The van der Waals surface area contributed by atoms with Crippen molar-refractivity contribution in [1.82, 2.24) is 5.32 Å². The number of hydrogen-bond donors (Lipinski definition) is 3. The molecule has 1 aromatic carbocycles. The first kappa shape index (κ1) is 13.8. The van der Waals surface area contributed by atoms with E-state index in [0.717, 1.165) is 5.56 Å². The summed E-state index contributed by atoms with van der Waals surface area (Å²) in [6, 6.07) is 9.59. The highest BCUT2D eigenvalue weighted by atomic mass is 16.6. The lowest BCUT2D eigenvalue weighted by molar-refractivity contribution is -0.0841. The van der Waals surface area contributed by atoms with Gasteiger partial charge in [0.1, 0.15) is 6.10 Å². The Morgan fingerprint density at radius 2 is 2.05 bits per heavy atom. The molecule has 0 aliphatic heterocycles. The first-order valence-electron chi connectivity index (χ1n) is 6.49. The predicted molar refractivity (Wildman–Crippen MR) is 69.1 cm³/mol. The molecule has 1 fully saturated rings. The van der Waals surface area contributed by atoms with Gasteiger partial charge in [-0.1, -0.05) is 30.3 Å². The zero-order chi connectivity index (χ0) is 13.7. The van der Waals surface area contributed by atoms with Crippen LogP contribution in [0.25, 0.3) is 0 Å². The molecule has 3 N–H and O–H groups in total. The Hall–Kier alpha value is -1.59. The fourth-order valence-corrected chi connectivity index (χ4v) is 2.31. The number of alkyl carbamates (subject to hydrolysis) is 1. The van der Waals surface area contributed by atoms with Crippen LogP contribution in [0.1, 0.15) is 24.8 Å². The molecule has 1 saturated carbocycles. The van der Waals surface area contributed by atoms with Crippen LogP contribution < -0.4 is 5.32 Å². The van der Waals surface area contributed by atoms with E-state index in [1.807, 2.05) is 30.3 Å². The molecular weight excluding hydrogens is 246 g/mol. The van der Waals surface area contributed by atoms with Crippen LogP contribution in [0.2, 0.25) is 0 Å². The van der Waals surface area contributed by atoms with Gasteiger partial charge < -0.3 is 20.3 Å². The normalized spacial score (nSPS) is 22.5. The lowest BCUT2D eigenvalue weighted by atomic mass is 10.1. The van der Waals surface area contributed by atoms with E-state index in [2.05, 4.69) is 5.32 Å². The highest BCUT2D eigenvalue weighted by Gasteiger charge is 2.31. The lowest BCUT2D eigenvalue weighted by Gasteiger charge is -2.14. The van der Waals surface area contributed by atoms with E-state index in [1.54, 1.807) is 0 Å². The molecule has 2 rings (SSSR count). The Morgan fingerprint density at radius 3 is 2.68 bits per heavy atom. The van der Waals surface area contributed by atoms with Crippen molar-refractivity contribution in [2.24, 2.45) is 5.92 Å². The number of aliphatic hydroxyl groups is 2. The number of hydrogen-bond acceptors (Lipinski definition) is 4. The van der Waals surface area contributed by atoms with Gasteiger partial charge in [0.25, 0.3) is 0 Å². The van der Waals surface area contributed by atoms with Crippen molar-refractivity contribution in [3.63, 3.8) is 0 Å². The Labute approximate surface area is 112 Å². The van der Waals surface area contributed by atoms with Gasteiger partial charge in [-0.15, -0.1) is 0 Å². The quantitative estimate of drug-likeness (QED) is 0.719. The van der Waals surface area contributed by atoms with Crippen molar-refractivity contribution >= 4 is 6.09 Å². The van der Waals surface area contributed by atoms with Gasteiger partial charge in [-0.05, 0) is 24.8 Å². The SMILES string of the molecule is O=C(NCc1ccccc1)OC1CCC(C(O)O)C1. The number of ether oxygens (including phenoxy) is 1. The second-order valence-electron chi connectivity index (χ2n) is 4.85. The molecule has 0 aromatic heterocycles. The van der Waals surface area contributed by atoms with Gasteiger partial charge in [-0.2, -0.15) is 0 Å². The van der Waals surface area contributed by atoms with Crippen molar-refractivity contribution in [3.8, 4) is 0 Å². The third kappa shape index (κ3) is 4.22. The summed E-state index contributed by atoms with van der Waals surface area (Å²) in [5, 5.41) is 20.8. The zero-order valence-corrected chi connectivity index (χ0v) is 10.7. The molecule has 1 aliphatic rings. The second-order valence-corrected chi connectivity index (χ2v) is 4.85.